The first-order valence-corrected chi connectivity index (χ1v) is 7.28. The number of carbonyl (C=O) groups excluding carboxylic acids is 1. The van der Waals surface area contributed by atoms with Crippen LogP contribution in [0.15, 0.2) is 36.5 Å². The average Bonchev–Trinajstić information content (AvgIpc) is 2.53. The third kappa shape index (κ3) is 3.38. The number of pyridine rings is 1. The molecule has 0 bridgehead atoms. The molecule has 1 aromatic carbocycles. The first-order chi connectivity index (χ1) is 10.4. The first kappa shape index (κ1) is 16.3. The lowest BCUT2D eigenvalue weighted by Gasteiger charge is -2.26. The van der Waals surface area contributed by atoms with Gasteiger partial charge in [0.15, 0.2) is 0 Å². The number of carbonyl (C=O) groups is 1. The molecule has 0 fully saturated rings. The summed E-state index contributed by atoms with van der Waals surface area (Å²) in [7, 11) is 1.67. The van der Waals surface area contributed by atoms with E-state index in [2.05, 4.69) is 4.98 Å². The van der Waals surface area contributed by atoms with E-state index in [-0.39, 0.29) is 17.6 Å². The fourth-order valence-corrected chi connectivity index (χ4v) is 2.59. The zero-order chi connectivity index (χ0) is 16.3. The molecule has 112 valence electrons. The largest absolute Gasteiger partial charge is 0.334 e. The maximum atomic E-state index is 12.5. The standard InChI is InChI=1S/C16H13Cl2N3O/c1-10(13-4-3-12(17)8-14(13)18)21(2)16(22)15-7-11(9-19)5-6-20-15/h3-8,10H,1-2H3/t10-/m1/s1. The molecule has 6 heteroatoms. The lowest BCUT2D eigenvalue weighted by Crippen LogP contribution is -2.30. The van der Waals surface area contributed by atoms with Gasteiger partial charge in [-0.15, -0.1) is 0 Å². The fraction of sp³-hybridized carbons (Fsp3) is 0.188. The predicted molar refractivity (Wildman–Crippen MR) is 85.9 cm³/mol. The van der Waals surface area contributed by atoms with Crippen molar-refractivity contribution in [2.24, 2.45) is 0 Å². The van der Waals surface area contributed by atoms with Gasteiger partial charge in [0.1, 0.15) is 5.69 Å². The van der Waals surface area contributed by atoms with Crippen LogP contribution >= 0.6 is 23.2 Å². The molecule has 0 saturated carbocycles. The van der Waals surface area contributed by atoms with Crippen LogP contribution in [-0.4, -0.2) is 22.8 Å². The normalized spacial score (nSPS) is 11.6. The second kappa shape index (κ2) is 6.78. The van der Waals surface area contributed by atoms with Crippen LogP contribution in [0.3, 0.4) is 0 Å². The molecule has 22 heavy (non-hydrogen) atoms. The monoisotopic (exact) mass is 333 g/mol. The van der Waals surface area contributed by atoms with Crippen molar-refractivity contribution in [1.29, 1.82) is 5.26 Å². The second-order valence-corrected chi connectivity index (χ2v) is 5.64. The Hall–Kier alpha value is -2.09. The van der Waals surface area contributed by atoms with Crippen LogP contribution < -0.4 is 0 Å². The van der Waals surface area contributed by atoms with E-state index >= 15 is 0 Å². The van der Waals surface area contributed by atoms with Gasteiger partial charge in [0.2, 0.25) is 0 Å². The summed E-state index contributed by atoms with van der Waals surface area (Å²) in [6.07, 6.45) is 1.44. The number of hydrogen-bond donors (Lipinski definition) is 0. The number of halogens is 2. The van der Waals surface area contributed by atoms with Crippen molar-refractivity contribution >= 4 is 29.1 Å². The van der Waals surface area contributed by atoms with E-state index in [9.17, 15) is 4.79 Å². The highest BCUT2D eigenvalue weighted by Gasteiger charge is 2.22. The van der Waals surface area contributed by atoms with E-state index in [1.54, 1.807) is 31.3 Å². The van der Waals surface area contributed by atoms with Crippen molar-refractivity contribution in [2.75, 3.05) is 7.05 Å². The van der Waals surface area contributed by atoms with Gasteiger partial charge in [-0.1, -0.05) is 29.3 Å². The number of amides is 1. The highest BCUT2D eigenvalue weighted by molar-refractivity contribution is 6.35. The Morgan fingerprint density at radius 1 is 1.32 bits per heavy atom. The van der Waals surface area contributed by atoms with E-state index in [0.29, 0.717) is 15.6 Å². The Balaban J connectivity index is 2.28. The topological polar surface area (TPSA) is 57.0 Å². The van der Waals surface area contributed by atoms with E-state index in [1.165, 1.54) is 17.2 Å². The summed E-state index contributed by atoms with van der Waals surface area (Å²) in [6, 6.07) is 9.91. The van der Waals surface area contributed by atoms with Crippen molar-refractivity contribution in [3.63, 3.8) is 0 Å². The molecule has 2 aromatic rings. The highest BCUT2D eigenvalue weighted by atomic mass is 35.5. The van der Waals surface area contributed by atoms with Crippen LogP contribution in [0.1, 0.15) is 34.6 Å². The minimum absolute atomic E-state index is 0.221. The molecule has 0 radical (unpaired) electrons. The summed E-state index contributed by atoms with van der Waals surface area (Å²) in [5, 5.41) is 9.94. The Kier molecular flexibility index (Phi) is 5.02. The molecule has 0 unspecified atom stereocenters. The molecule has 0 saturated heterocycles. The van der Waals surface area contributed by atoms with Gasteiger partial charge in [0.25, 0.3) is 5.91 Å². The first-order valence-electron chi connectivity index (χ1n) is 6.52. The minimum atomic E-state index is -0.282. The third-order valence-corrected chi connectivity index (χ3v) is 3.98. The van der Waals surface area contributed by atoms with Crippen molar-refractivity contribution in [3.8, 4) is 6.07 Å². The van der Waals surface area contributed by atoms with Gasteiger partial charge >= 0.3 is 0 Å². The van der Waals surface area contributed by atoms with Crippen LogP contribution in [0.2, 0.25) is 10.0 Å². The predicted octanol–water partition coefficient (Wildman–Crippen LogP) is 4.09. The Morgan fingerprint density at radius 2 is 2.05 bits per heavy atom. The minimum Gasteiger partial charge on any atom is -0.334 e. The van der Waals surface area contributed by atoms with E-state index < -0.39 is 0 Å². The highest BCUT2D eigenvalue weighted by Crippen LogP contribution is 2.29. The van der Waals surface area contributed by atoms with Gasteiger partial charge < -0.3 is 4.90 Å². The summed E-state index contributed by atoms with van der Waals surface area (Å²) in [4.78, 5) is 18.0. The van der Waals surface area contributed by atoms with Crippen LogP contribution in [-0.2, 0) is 0 Å². The van der Waals surface area contributed by atoms with Crippen molar-refractivity contribution in [2.45, 2.75) is 13.0 Å². The Morgan fingerprint density at radius 3 is 2.68 bits per heavy atom. The molecule has 1 atom stereocenters. The smallest absolute Gasteiger partial charge is 0.272 e. The molecule has 1 aromatic heterocycles. The van der Waals surface area contributed by atoms with E-state index in [4.69, 9.17) is 28.5 Å². The maximum Gasteiger partial charge on any atom is 0.272 e. The SMILES string of the molecule is C[C@H](c1ccc(Cl)cc1Cl)N(C)C(=O)c1cc(C#N)ccn1. The summed E-state index contributed by atoms with van der Waals surface area (Å²) >= 11 is 12.1. The van der Waals surface area contributed by atoms with Crippen molar-refractivity contribution in [3.05, 3.63) is 63.4 Å². The molecule has 2 rings (SSSR count). The molecule has 0 aliphatic rings. The Labute approximate surface area is 138 Å². The van der Waals surface area contributed by atoms with Gasteiger partial charge in [-0.2, -0.15) is 5.26 Å². The van der Waals surface area contributed by atoms with Gasteiger partial charge in [-0.3, -0.25) is 9.78 Å². The fourth-order valence-electron chi connectivity index (χ4n) is 2.02. The third-order valence-electron chi connectivity index (χ3n) is 3.42. The van der Waals surface area contributed by atoms with Crippen molar-refractivity contribution in [1.82, 2.24) is 9.88 Å². The van der Waals surface area contributed by atoms with Gasteiger partial charge in [0.05, 0.1) is 17.7 Å². The zero-order valence-electron chi connectivity index (χ0n) is 12.0. The molecule has 0 aliphatic heterocycles. The number of aromatic nitrogens is 1. The molecular weight excluding hydrogens is 321 g/mol. The zero-order valence-corrected chi connectivity index (χ0v) is 13.6. The van der Waals surface area contributed by atoms with E-state index in [0.717, 1.165) is 5.56 Å². The van der Waals surface area contributed by atoms with Crippen LogP contribution in [0.5, 0.6) is 0 Å². The number of rotatable bonds is 3. The van der Waals surface area contributed by atoms with Crippen LogP contribution in [0.4, 0.5) is 0 Å². The van der Waals surface area contributed by atoms with Crippen LogP contribution in [0, 0.1) is 11.3 Å². The molecule has 0 aliphatic carbocycles. The maximum absolute atomic E-state index is 12.5. The average molecular weight is 334 g/mol. The Bertz CT molecular complexity index is 755. The number of benzene rings is 1. The summed E-state index contributed by atoms with van der Waals surface area (Å²) in [6.45, 7) is 1.86. The van der Waals surface area contributed by atoms with Gasteiger partial charge in [-0.05, 0) is 36.8 Å². The molecular formula is C16H13Cl2N3O. The quantitative estimate of drug-likeness (QED) is 0.849. The molecule has 0 N–H and O–H groups in total. The molecule has 1 heterocycles. The number of hydrogen-bond acceptors (Lipinski definition) is 3. The molecule has 0 spiro atoms. The summed E-state index contributed by atoms with van der Waals surface area (Å²) in [5.41, 5.74) is 1.40. The van der Waals surface area contributed by atoms with Crippen LogP contribution in [0.25, 0.3) is 0 Å². The lowest BCUT2D eigenvalue weighted by atomic mass is 10.1. The molecule has 1 amide bonds. The van der Waals surface area contributed by atoms with Gasteiger partial charge in [-0.25, -0.2) is 0 Å². The van der Waals surface area contributed by atoms with Gasteiger partial charge in [0, 0.05) is 23.3 Å². The number of nitrogens with zero attached hydrogens (tertiary/aromatic N) is 3. The summed E-state index contributed by atoms with van der Waals surface area (Å²) in [5.74, 6) is -0.282. The van der Waals surface area contributed by atoms with E-state index in [1.807, 2.05) is 13.0 Å². The van der Waals surface area contributed by atoms with Crippen molar-refractivity contribution < 1.29 is 4.79 Å². The second-order valence-electron chi connectivity index (χ2n) is 4.80. The summed E-state index contributed by atoms with van der Waals surface area (Å²) < 4.78 is 0. The lowest BCUT2D eigenvalue weighted by molar-refractivity contribution is 0.0737. The molecule has 4 nitrogen and oxygen atoms in total. The number of nitriles is 1.